The minimum absolute atomic E-state index is 0.411. The van der Waals surface area contributed by atoms with Crippen LogP contribution in [-0.4, -0.2) is 53.9 Å². The van der Waals surface area contributed by atoms with Gasteiger partial charge in [-0.25, -0.2) is 0 Å². The highest BCUT2D eigenvalue weighted by Gasteiger charge is 2.25. The van der Waals surface area contributed by atoms with Gasteiger partial charge in [0.05, 0.1) is 12.2 Å². The van der Waals surface area contributed by atoms with Gasteiger partial charge >= 0.3 is 0 Å². The summed E-state index contributed by atoms with van der Waals surface area (Å²) in [6.07, 6.45) is 7.50. The molecule has 1 aliphatic heterocycles. The van der Waals surface area contributed by atoms with Gasteiger partial charge in [0, 0.05) is 38.3 Å². The molecule has 1 atom stereocenters. The number of guanidine groups is 1. The zero-order valence-corrected chi connectivity index (χ0v) is 17.5. The van der Waals surface area contributed by atoms with E-state index in [4.69, 9.17) is 0 Å². The van der Waals surface area contributed by atoms with E-state index in [2.05, 4.69) is 56.3 Å². The van der Waals surface area contributed by atoms with Gasteiger partial charge in [-0.15, -0.1) is 11.3 Å². The van der Waals surface area contributed by atoms with E-state index in [1.807, 2.05) is 36.3 Å². The van der Waals surface area contributed by atoms with E-state index in [0.717, 1.165) is 31.4 Å². The predicted octanol–water partition coefficient (Wildman–Crippen LogP) is 2.66. The van der Waals surface area contributed by atoms with Crippen LogP contribution >= 0.6 is 11.3 Å². The molecule has 148 valence electrons. The number of nitrogens with zero attached hydrogens (tertiary/aromatic N) is 4. The maximum absolute atomic E-state index is 4.39. The fourth-order valence-corrected chi connectivity index (χ4v) is 4.43. The largest absolute Gasteiger partial charge is 0.356 e. The van der Waals surface area contributed by atoms with E-state index in [1.165, 1.54) is 36.4 Å². The number of aryl methyl sites for hydroxylation is 1. The van der Waals surface area contributed by atoms with Crippen LogP contribution in [0.5, 0.6) is 0 Å². The molecule has 0 spiro atoms. The lowest BCUT2D eigenvalue weighted by molar-refractivity contribution is 0.140. The summed E-state index contributed by atoms with van der Waals surface area (Å²) in [4.78, 5) is 8.45. The van der Waals surface area contributed by atoms with Gasteiger partial charge in [0.1, 0.15) is 0 Å². The Bertz CT molecular complexity index is 700. The van der Waals surface area contributed by atoms with Crippen molar-refractivity contribution in [2.75, 3.05) is 33.2 Å². The van der Waals surface area contributed by atoms with E-state index in [0.29, 0.717) is 6.04 Å². The Kier molecular flexibility index (Phi) is 7.29. The van der Waals surface area contributed by atoms with Gasteiger partial charge in [-0.05, 0) is 55.3 Å². The van der Waals surface area contributed by atoms with Crippen molar-refractivity contribution in [3.63, 3.8) is 0 Å². The molecule has 0 saturated carbocycles. The molecule has 6 nitrogen and oxygen atoms in total. The van der Waals surface area contributed by atoms with Crippen molar-refractivity contribution in [2.24, 2.45) is 18.0 Å². The average Bonchev–Trinajstić information content (AvgIpc) is 3.34. The van der Waals surface area contributed by atoms with Crippen molar-refractivity contribution in [3.05, 3.63) is 40.3 Å². The molecule has 1 aliphatic rings. The van der Waals surface area contributed by atoms with Gasteiger partial charge in [0.25, 0.3) is 0 Å². The minimum atomic E-state index is 0.411. The fraction of sp³-hybridized carbons (Fsp3) is 0.600. The van der Waals surface area contributed by atoms with Crippen LogP contribution in [0.2, 0.25) is 0 Å². The highest BCUT2D eigenvalue weighted by molar-refractivity contribution is 7.10. The lowest BCUT2D eigenvalue weighted by atomic mass is 9.97. The summed E-state index contributed by atoms with van der Waals surface area (Å²) in [5.41, 5.74) is 1.24. The summed E-state index contributed by atoms with van der Waals surface area (Å²) < 4.78 is 1.84. The SMILES string of the molecule is CN=C(NCCc1cnn(C)c1)NCC(c1cccs1)N1CCC(C)CC1. The molecule has 7 heteroatoms. The van der Waals surface area contributed by atoms with Gasteiger partial charge < -0.3 is 10.6 Å². The maximum Gasteiger partial charge on any atom is 0.191 e. The first-order valence-corrected chi connectivity index (χ1v) is 10.7. The number of aromatic nitrogens is 2. The van der Waals surface area contributed by atoms with E-state index in [9.17, 15) is 0 Å². The van der Waals surface area contributed by atoms with E-state index >= 15 is 0 Å². The summed E-state index contributed by atoms with van der Waals surface area (Å²) >= 11 is 1.85. The summed E-state index contributed by atoms with van der Waals surface area (Å²) in [7, 11) is 3.78. The molecule has 1 unspecified atom stereocenters. The molecule has 2 aromatic rings. The number of likely N-dealkylation sites (tertiary alicyclic amines) is 1. The lowest BCUT2D eigenvalue weighted by Crippen LogP contribution is -2.45. The Morgan fingerprint density at radius 2 is 2.19 bits per heavy atom. The molecular weight excluding hydrogens is 356 g/mol. The molecule has 3 heterocycles. The van der Waals surface area contributed by atoms with Crippen LogP contribution in [0.15, 0.2) is 34.9 Å². The Hall–Kier alpha value is -1.86. The van der Waals surface area contributed by atoms with Gasteiger partial charge in [-0.2, -0.15) is 5.10 Å². The van der Waals surface area contributed by atoms with Crippen LogP contribution in [-0.2, 0) is 13.5 Å². The normalized spacial score (nSPS) is 17.8. The van der Waals surface area contributed by atoms with Crippen LogP contribution < -0.4 is 10.6 Å². The Morgan fingerprint density at radius 3 is 2.81 bits per heavy atom. The fourth-order valence-electron chi connectivity index (χ4n) is 3.57. The van der Waals surface area contributed by atoms with Gasteiger partial charge in [-0.3, -0.25) is 14.6 Å². The first kappa shape index (κ1) is 19.9. The second kappa shape index (κ2) is 9.90. The third-order valence-electron chi connectivity index (χ3n) is 5.28. The average molecular weight is 389 g/mol. The molecule has 0 bridgehead atoms. The first-order valence-electron chi connectivity index (χ1n) is 9.85. The van der Waals surface area contributed by atoms with E-state index in [1.54, 1.807) is 0 Å². The van der Waals surface area contributed by atoms with Gasteiger partial charge in [-0.1, -0.05) is 13.0 Å². The summed E-state index contributed by atoms with van der Waals surface area (Å²) in [5.74, 6) is 1.71. The Balaban J connectivity index is 1.52. The molecule has 1 saturated heterocycles. The van der Waals surface area contributed by atoms with Gasteiger partial charge in [0.2, 0.25) is 0 Å². The van der Waals surface area contributed by atoms with Crippen molar-refractivity contribution >= 4 is 17.3 Å². The van der Waals surface area contributed by atoms with Crippen LogP contribution in [0, 0.1) is 5.92 Å². The number of hydrogen-bond donors (Lipinski definition) is 2. The molecule has 27 heavy (non-hydrogen) atoms. The second-order valence-electron chi connectivity index (χ2n) is 7.40. The van der Waals surface area contributed by atoms with E-state index in [-0.39, 0.29) is 0 Å². The zero-order chi connectivity index (χ0) is 19.1. The lowest BCUT2D eigenvalue weighted by Gasteiger charge is -2.36. The molecule has 3 rings (SSSR count). The second-order valence-corrected chi connectivity index (χ2v) is 8.38. The molecule has 2 N–H and O–H groups in total. The highest BCUT2D eigenvalue weighted by atomic mass is 32.1. The van der Waals surface area contributed by atoms with Crippen LogP contribution in [0.3, 0.4) is 0 Å². The standard InChI is InChI=1S/C20H32N6S/c1-16-7-10-26(11-8-16)18(19-5-4-12-27-19)14-23-20(21-2)22-9-6-17-13-24-25(3)15-17/h4-5,12-13,15-16,18H,6-11,14H2,1-3H3,(H2,21,22,23). The van der Waals surface area contributed by atoms with Crippen LogP contribution in [0.25, 0.3) is 0 Å². The molecular formula is C20H32N6S. The third kappa shape index (κ3) is 5.81. The number of rotatable bonds is 7. The number of nitrogens with one attached hydrogen (secondary N) is 2. The summed E-state index contributed by atoms with van der Waals surface area (Å²) in [5, 5.41) is 13.4. The zero-order valence-electron chi connectivity index (χ0n) is 16.7. The molecule has 0 aliphatic carbocycles. The summed E-state index contributed by atoms with van der Waals surface area (Å²) in [6.45, 7) is 6.44. The van der Waals surface area contributed by atoms with Crippen molar-refractivity contribution in [1.82, 2.24) is 25.3 Å². The van der Waals surface area contributed by atoms with Crippen molar-refractivity contribution < 1.29 is 0 Å². The monoisotopic (exact) mass is 388 g/mol. The van der Waals surface area contributed by atoms with Gasteiger partial charge in [0.15, 0.2) is 5.96 Å². The Labute approximate surface area is 166 Å². The van der Waals surface area contributed by atoms with Crippen molar-refractivity contribution in [2.45, 2.75) is 32.2 Å². The maximum atomic E-state index is 4.39. The number of aliphatic imine (C=N–C) groups is 1. The molecule has 0 amide bonds. The molecule has 2 aromatic heterocycles. The minimum Gasteiger partial charge on any atom is -0.356 e. The smallest absolute Gasteiger partial charge is 0.191 e. The highest BCUT2D eigenvalue weighted by Crippen LogP contribution is 2.28. The topological polar surface area (TPSA) is 57.5 Å². The number of hydrogen-bond acceptors (Lipinski definition) is 4. The molecule has 0 radical (unpaired) electrons. The van der Waals surface area contributed by atoms with Crippen LogP contribution in [0.1, 0.15) is 36.2 Å². The van der Waals surface area contributed by atoms with Crippen molar-refractivity contribution in [3.8, 4) is 0 Å². The quantitative estimate of drug-likeness (QED) is 0.566. The van der Waals surface area contributed by atoms with E-state index < -0.39 is 0 Å². The predicted molar refractivity (Wildman–Crippen MR) is 113 cm³/mol. The molecule has 0 aromatic carbocycles. The first-order chi connectivity index (χ1) is 13.2. The number of thiophene rings is 1. The molecule has 1 fully saturated rings. The number of piperidine rings is 1. The van der Waals surface area contributed by atoms with Crippen molar-refractivity contribution in [1.29, 1.82) is 0 Å². The third-order valence-corrected chi connectivity index (χ3v) is 6.26. The summed E-state index contributed by atoms with van der Waals surface area (Å²) in [6, 6.07) is 4.82. The van der Waals surface area contributed by atoms with Crippen LogP contribution in [0.4, 0.5) is 0 Å². The Morgan fingerprint density at radius 1 is 1.37 bits per heavy atom.